The molecular formula is C13H19N3O. The molecule has 1 amide bonds. The van der Waals surface area contributed by atoms with Crippen LogP contribution in [0.2, 0.25) is 0 Å². The number of likely N-dealkylation sites (tertiary alicyclic amines) is 1. The van der Waals surface area contributed by atoms with Crippen LogP contribution in [-0.4, -0.2) is 30.4 Å². The van der Waals surface area contributed by atoms with Crippen LogP contribution in [0.1, 0.15) is 18.4 Å². The van der Waals surface area contributed by atoms with Crippen molar-refractivity contribution in [2.75, 3.05) is 30.7 Å². The Hall–Kier alpha value is -1.71. The smallest absolute Gasteiger partial charge is 0.241 e. The van der Waals surface area contributed by atoms with Gasteiger partial charge in [0.15, 0.2) is 0 Å². The van der Waals surface area contributed by atoms with E-state index in [0.29, 0.717) is 12.2 Å². The van der Waals surface area contributed by atoms with Crippen LogP contribution in [0.4, 0.5) is 11.4 Å². The first-order chi connectivity index (χ1) is 8.16. The predicted molar refractivity (Wildman–Crippen MR) is 69.9 cm³/mol. The van der Waals surface area contributed by atoms with E-state index in [1.54, 1.807) is 0 Å². The number of rotatable bonds is 3. The molecule has 0 aromatic heterocycles. The molecule has 0 atom stereocenters. The molecule has 0 spiro atoms. The summed E-state index contributed by atoms with van der Waals surface area (Å²) >= 11 is 0. The second-order valence-electron chi connectivity index (χ2n) is 4.53. The van der Waals surface area contributed by atoms with Crippen molar-refractivity contribution in [1.82, 2.24) is 4.90 Å². The third-order valence-corrected chi connectivity index (χ3v) is 3.10. The van der Waals surface area contributed by atoms with Crippen LogP contribution in [0.25, 0.3) is 0 Å². The molecule has 0 unspecified atom stereocenters. The first-order valence-electron chi connectivity index (χ1n) is 6.04. The maximum atomic E-state index is 11.8. The third-order valence-electron chi connectivity index (χ3n) is 3.10. The van der Waals surface area contributed by atoms with Crippen molar-refractivity contribution in [3.63, 3.8) is 0 Å². The number of nitrogens with zero attached hydrogens (tertiary/aromatic N) is 1. The van der Waals surface area contributed by atoms with Crippen molar-refractivity contribution in [2.24, 2.45) is 0 Å². The highest BCUT2D eigenvalue weighted by molar-refractivity contribution is 5.82. The first-order valence-corrected chi connectivity index (χ1v) is 6.04. The molecule has 1 aliphatic heterocycles. The maximum Gasteiger partial charge on any atom is 0.241 e. The van der Waals surface area contributed by atoms with Gasteiger partial charge in [-0.05, 0) is 37.5 Å². The molecule has 0 aliphatic carbocycles. The molecule has 1 aromatic rings. The molecule has 0 bridgehead atoms. The molecule has 1 aromatic carbocycles. The minimum absolute atomic E-state index is 0.155. The Morgan fingerprint density at radius 1 is 1.41 bits per heavy atom. The molecule has 1 fully saturated rings. The number of amides is 1. The lowest BCUT2D eigenvalue weighted by Crippen LogP contribution is -2.33. The second kappa shape index (κ2) is 5.08. The Balaban J connectivity index is 1.90. The van der Waals surface area contributed by atoms with E-state index in [4.69, 9.17) is 5.73 Å². The summed E-state index contributed by atoms with van der Waals surface area (Å²) in [6, 6.07) is 5.81. The van der Waals surface area contributed by atoms with Crippen LogP contribution < -0.4 is 11.1 Å². The number of nitrogens with two attached hydrogens (primary N) is 1. The number of nitrogens with one attached hydrogen (secondary N) is 1. The average molecular weight is 233 g/mol. The van der Waals surface area contributed by atoms with Crippen LogP contribution in [0.15, 0.2) is 18.2 Å². The summed E-state index contributed by atoms with van der Waals surface area (Å²) in [4.78, 5) is 13.7. The molecule has 0 radical (unpaired) electrons. The van der Waals surface area contributed by atoms with E-state index in [2.05, 4.69) is 5.32 Å². The van der Waals surface area contributed by atoms with E-state index in [1.807, 2.05) is 30.0 Å². The van der Waals surface area contributed by atoms with Gasteiger partial charge in [-0.15, -0.1) is 0 Å². The largest absolute Gasteiger partial charge is 0.397 e. The molecule has 3 N–H and O–H groups in total. The molecule has 4 heteroatoms. The standard InChI is InChI=1S/C13H19N3O/c1-10-4-5-12(11(14)8-10)15-9-13(17)16-6-2-3-7-16/h4-5,8,15H,2-3,6-7,9,14H2,1H3. The highest BCUT2D eigenvalue weighted by Gasteiger charge is 2.17. The van der Waals surface area contributed by atoms with Gasteiger partial charge in [0, 0.05) is 13.1 Å². The summed E-state index contributed by atoms with van der Waals surface area (Å²) in [5.74, 6) is 0.155. The van der Waals surface area contributed by atoms with E-state index < -0.39 is 0 Å². The number of hydrogen-bond donors (Lipinski definition) is 2. The summed E-state index contributed by atoms with van der Waals surface area (Å²) in [7, 11) is 0. The Labute approximate surface area is 102 Å². The zero-order valence-electron chi connectivity index (χ0n) is 10.2. The molecule has 0 saturated carbocycles. The van der Waals surface area contributed by atoms with Gasteiger partial charge in [-0.25, -0.2) is 0 Å². The minimum atomic E-state index is 0.155. The number of anilines is 2. The highest BCUT2D eigenvalue weighted by Crippen LogP contribution is 2.19. The van der Waals surface area contributed by atoms with Gasteiger partial charge in [-0.2, -0.15) is 0 Å². The summed E-state index contributed by atoms with van der Waals surface area (Å²) < 4.78 is 0. The Morgan fingerprint density at radius 3 is 2.76 bits per heavy atom. The highest BCUT2D eigenvalue weighted by atomic mass is 16.2. The molecule has 4 nitrogen and oxygen atoms in total. The van der Waals surface area contributed by atoms with Crippen molar-refractivity contribution in [3.05, 3.63) is 23.8 Å². The van der Waals surface area contributed by atoms with Crippen LogP contribution in [0.5, 0.6) is 0 Å². The lowest BCUT2D eigenvalue weighted by molar-refractivity contribution is -0.128. The van der Waals surface area contributed by atoms with E-state index in [-0.39, 0.29) is 5.91 Å². The van der Waals surface area contributed by atoms with Crippen molar-refractivity contribution in [1.29, 1.82) is 0 Å². The number of carbonyl (C=O) groups excluding carboxylic acids is 1. The fraction of sp³-hybridized carbons (Fsp3) is 0.462. The van der Waals surface area contributed by atoms with Crippen LogP contribution in [0.3, 0.4) is 0 Å². The molecule has 1 heterocycles. The van der Waals surface area contributed by atoms with Crippen LogP contribution in [0, 0.1) is 6.92 Å². The van der Waals surface area contributed by atoms with Gasteiger partial charge in [-0.3, -0.25) is 4.79 Å². The van der Waals surface area contributed by atoms with E-state index in [0.717, 1.165) is 37.2 Å². The van der Waals surface area contributed by atoms with Crippen LogP contribution in [-0.2, 0) is 4.79 Å². The van der Waals surface area contributed by atoms with Gasteiger partial charge in [-0.1, -0.05) is 6.07 Å². The topological polar surface area (TPSA) is 58.4 Å². The Morgan fingerprint density at radius 2 is 2.12 bits per heavy atom. The Bertz CT molecular complexity index is 411. The van der Waals surface area contributed by atoms with Crippen molar-refractivity contribution in [2.45, 2.75) is 19.8 Å². The number of hydrogen-bond acceptors (Lipinski definition) is 3. The third kappa shape index (κ3) is 2.90. The van der Waals surface area contributed by atoms with Gasteiger partial charge < -0.3 is 16.0 Å². The average Bonchev–Trinajstić information content (AvgIpc) is 2.81. The number of carbonyl (C=O) groups is 1. The lowest BCUT2D eigenvalue weighted by atomic mass is 10.2. The maximum absolute atomic E-state index is 11.8. The first kappa shape index (κ1) is 11.8. The van der Waals surface area contributed by atoms with Crippen LogP contribution >= 0.6 is 0 Å². The summed E-state index contributed by atoms with van der Waals surface area (Å²) in [6.45, 7) is 4.11. The summed E-state index contributed by atoms with van der Waals surface area (Å²) in [5.41, 5.74) is 8.53. The number of aryl methyl sites for hydroxylation is 1. The van der Waals surface area contributed by atoms with E-state index in [1.165, 1.54) is 0 Å². The molecular weight excluding hydrogens is 214 g/mol. The van der Waals surface area contributed by atoms with Crippen molar-refractivity contribution < 1.29 is 4.79 Å². The predicted octanol–water partition coefficient (Wildman–Crippen LogP) is 1.61. The van der Waals surface area contributed by atoms with Gasteiger partial charge in [0.05, 0.1) is 17.9 Å². The Kier molecular flexibility index (Phi) is 3.52. The number of nitrogen functional groups attached to an aromatic ring is 1. The fourth-order valence-electron chi connectivity index (χ4n) is 2.09. The molecule has 2 rings (SSSR count). The molecule has 1 saturated heterocycles. The zero-order chi connectivity index (χ0) is 12.3. The summed E-state index contributed by atoms with van der Waals surface area (Å²) in [6.07, 6.45) is 2.25. The second-order valence-corrected chi connectivity index (χ2v) is 4.53. The minimum Gasteiger partial charge on any atom is -0.397 e. The van der Waals surface area contributed by atoms with Gasteiger partial charge in [0.1, 0.15) is 0 Å². The van der Waals surface area contributed by atoms with Gasteiger partial charge in [0.25, 0.3) is 0 Å². The quantitative estimate of drug-likeness (QED) is 0.780. The van der Waals surface area contributed by atoms with Gasteiger partial charge >= 0.3 is 0 Å². The molecule has 1 aliphatic rings. The monoisotopic (exact) mass is 233 g/mol. The number of benzene rings is 1. The SMILES string of the molecule is Cc1ccc(NCC(=O)N2CCCC2)c(N)c1. The van der Waals surface area contributed by atoms with Crippen molar-refractivity contribution in [3.8, 4) is 0 Å². The van der Waals surface area contributed by atoms with E-state index >= 15 is 0 Å². The molecule has 17 heavy (non-hydrogen) atoms. The van der Waals surface area contributed by atoms with Crippen molar-refractivity contribution >= 4 is 17.3 Å². The zero-order valence-corrected chi connectivity index (χ0v) is 10.2. The van der Waals surface area contributed by atoms with Gasteiger partial charge in [0.2, 0.25) is 5.91 Å². The fourth-order valence-corrected chi connectivity index (χ4v) is 2.09. The van der Waals surface area contributed by atoms with E-state index in [9.17, 15) is 4.79 Å². The summed E-state index contributed by atoms with van der Waals surface area (Å²) in [5, 5.41) is 3.10. The molecule has 92 valence electrons. The normalized spacial score (nSPS) is 15.0. The lowest BCUT2D eigenvalue weighted by Gasteiger charge is -2.16.